The summed E-state index contributed by atoms with van der Waals surface area (Å²) >= 11 is 1.81. The van der Waals surface area contributed by atoms with Gasteiger partial charge in [-0.1, -0.05) is 97.1 Å². The van der Waals surface area contributed by atoms with E-state index < -0.39 is 0 Å². The van der Waals surface area contributed by atoms with Crippen molar-refractivity contribution in [2.75, 3.05) is 0 Å². The second-order valence-electron chi connectivity index (χ2n) is 9.22. The molecule has 0 saturated heterocycles. The van der Waals surface area contributed by atoms with E-state index in [-0.39, 0.29) is 0 Å². The highest BCUT2D eigenvalue weighted by molar-refractivity contribution is 7.26. The molecule has 0 saturated carbocycles. The minimum Gasteiger partial charge on any atom is -0.243 e. The van der Waals surface area contributed by atoms with Crippen LogP contribution in [0.5, 0.6) is 0 Å². The highest BCUT2D eigenvalue weighted by Gasteiger charge is 2.18. The molecule has 0 fully saturated rings. The van der Waals surface area contributed by atoms with Crippen LogP contribution in [0, 0.1) is 0 Å². The Kier molecular flexibility index (Phi) is 4.39. The van der Waals surface area contributed by atoms with Crippen molar-refractivity contribution < 1.29 is 0 Å². The fourth-order valence-electron chi connectivity index (χ4n) is 5.40. The first-order valence-corrected chi connectivity index (χ1v) is 13.1. The molecule has 0 aliphatic heterocycles. The topological polar surface area (TPSA) is 38.7 Å². The van der Waals surface area contributed by atoms with Crippen molar-refractivity contribution in [3.05, 3.63) is 115 Å². The number of aromatic nitrogens is 3. The molecule has 0 aliphatic carbocycles. The zero-order valence-electron chi connectivity index (χ0n) is 19.7. The van der Waals surface area contributed by atoms with Crippen molar-refractivity contribution in [2.24, 2.45) is 0 Å². The standard InChI is InChI=1S/C33H19N3S/c1-2-10-20(11-3-1)30-24-14-6-8-16-26(24)34-33(36-30)32-22-13-5-4-12-21(22)23-18-19-28-29(31(23)35-32)25-15-7-9-17-27(25)37-28/h1-19H. The van der Waals surface area contributed by atoms with Gasteiger partial charge in [0.1, 0.15) is 5.69 Å². The Morgan fingerprint density at radius 3 is 2.00 bits per heavy atom. The average Bonchev–Trinajstić information content (AvgIpc) is 3.36. The van der Waals surface area contributed by atoms with Crippen LogP contribution in [-0.4, -0.2) is 15.0 Å². The number of hydrogen-bond acceptors (Lipinski definition) is 4. The first-order chi connectivity index (χ1) is 18.3. The van der Waals surface area contributed by atoms with Crippen LogP contribution in [0.4, 0.5) is 0 Å². The van der Waals surface area contributed by atoms with E-state index in [4.69, 9.17) is 15.0 Å². The summed E-state index contributed by atoms with van der Waals surface area (Å²) in [7, 11) is 0. The summed E-state index contributed by atoms with van der Waals surface area (Å²) < 4.78 is 2.52. The Labute approximate surface area is 216 Å². The van der Waals surface area contributed by atoms with Gasteiger partial charge in [0.05, 0.1) is 16.7 Å². The zero-order chi connectivity index (χ0) is 24.3. The van der Waals surface area contributed by atoms with Crippen LogP contribution in [0.3, 0.4) is 0 Å². The van der Waals surface area contributed by atoms with Gasteiger partial charge >= 0.3 is 0 Å². The molecule has 172 valence electrons. The van der Waals surface area contributed by atoms with Gasteiger partial charge in [-0.25, -0.2) is 15.0 Å². The molecular weight excluding hydrogens is 470 g/mol. The van der Waals surface area contributed by atoms with Gasteiger partial charge in [-0.05, 0) is 23.6 Å². The third kappa shape index (κ3) is 3.09. The maximum Gasteiger partial charge on any atom is 0.179 e. The van der Waals surface area contributed by atoms with Gasteiger partial charge < -0.3 is 0 Å². The highest BCUT2D eigenvalue weighted by atomic mass is 32.1. The third-order valence-electron chi connectivity index (χ3n) is 7.07. The maximum absolute atomic E-state index is 5.35. The first-order valence-electron chi connectivity index (χ1n) is 12.3. The molecule has 0 N–H and O–H groups in total. The molecule has 4 heteroatoms. The molecule has 8 rings (SSSR count). The van der Waals surface area contributed by atoms with Gasteiger partial charge in [0, 0.05) is 41.9 Å². The molecular formula is C33H19N3S. The fourth-order valence-corrected chi connectivity index (χ4v) is 6.51. The van der Waals surface area contributed by atoms with E-state index in [1.54, 1.807) is 0 Å². The van der Waals surface area contributed by atoms with Crippen LogP contribution in [0.15, 0.2) is 115 Å². The van der Waals surface area contributed by atoms with Crippen molar-refractivity contribution >= 4 is 64.1 Å². The predicted molar refractivity (Wildman–Crippen MR) is 156 cm³/mol. The lowest BCUT2D eigenvalue weighted by Crippen LogP contribution is -1.98. The summed E-state index contributed by atoms with van der Waals surface area (Å²) in [4.78, 5) is 15.6. The minimum absolute atomic E-state index is 0.646. The van der Waals surface area contributed by atoms with Crippen molar-refractivity contribution in [3.63, 3.8) is 0 Å². The summed E-state index contributed by atoms with van der Waals surface area (Å²) in [5.74, 6) is 0.646. The van der Waals surface area contributed by atoms with Crippen molar-refractivity contribution in [2.45, 2.75) is 0 Å². The minimum atomic E-state index is 0.646. The summed E-state index contributed by atoms with van der Waals surface area (Å²) in [6.45, 7) is 0. The van der Waals surface area contributed by atoms with Crippen LogP contribution in [0.2, 0.25) is 0 Å². The fraction of sp³-hybridized carbons (Fsp3) is 0. The van der Waals surface area contributed by atoms with Gasteiger partial charge in [0.25, 0.3) is 0 Å². The van der Waals surface area contributed by atoms with Crippen molar-refractivity contribution in [1.82, 2.24) is 15.0 Å². The lowest BCUT2D eigenvalue weighted by Gasteiger charge is -2.13. The molecule has 0 atom stereocenters. The van der Waals surface area contributed by atoms with Gasteiger partial charge in [-0.3, -0.25) is 0 Å². The molecule has 5 aromatic carbocycles. The van der Waals surface area contributed by atoms with Crippen LogP contribution in [0.25, 0.3) is 75.5 Å². The normalized spacial score (nSPS) is 11.8. The lowest BCUT2D eigenvalue weighted by atomic mass is 10.0. The number of hydrogen-bond donors (Lipinski definition) is 0. The summed E-state index contributed by atoms with van der Waals surface area (Å²) in [6, 6.07) is 40.1. The van der Waals surface area contributed by atoms with E-state index in [1.807, 2.05) is 41.7 Å². The maximum atomic E-state index is 5.35. The van der Waals surface area contributed by atoms with E-state index in [1.165, 1.54) is 20.2 Å². The van der Waals surface area contributed by atoms with Gasteiger partial charge in [0.15, 0.2) is 5.82 Å². The number of nitrogens with zero attached hydrogens (tertiary/aromatic N) is 3. The number of thiophene rings is 1. The quantitative estimate of drug-likeness (QED) is 0.227. The SMILES string of the molecule is c1ccc(-c2nc(-c3nc4c(ccc5sc6ccccc6c54)c4ccccc34)nc3ccccc23)cc1. The number of benzene rings is 5. The van der Waals surface area contributed by atoms with Crippen molar-refractivity contribution in [3.8, 4) is 22.8 Å². The molecule has 8 aromatic rings. The largest absolute Gasteiger partial charge is 0.243 e. The van der Waals surface area contributed by atoms with Crippen LogP contribution >= 0.6 is 11.3 Å². The van der Waals surface area contributed by atoms with Crippen LogP contribution in [-0.2, 0) is 0 Å². The Hall–Kier alpha value is -4.67. The molecule has 3 nitrogen and oxygen atoms in total. The molecule has 0 aliphatic rings. The highest BCUT2D eigenvalue weighted by Crippen LogP contribution is 2.41. The number of pyridine rings is 1. The summed E-state index contributed by atoms with van der Waals surface area (Å²) in [5, 5.41) is 6.86. The summed E-state index contributed by atoms with van der Waals surface area (Å²) in [5.41, 5.74) is 4.72. The van der Waals surface area contributed by atoms with Gasteiger partial charge in [-0.15, -0.1) is 11.3 Å². The number of rotatable bonds is 2. The van der Waals surface area contributed by atoms with E-state index in [2.05, 4.69) is 84.9 Å². The number of fused-ring (bicyclic) bond motifs is 8. The molecule has 0 bridgehead atoms. The van der Waals surface area contributed by atoms with E-state index in [0.29, 0.717) is 5.82 Å². The smallest absolute Gasteiger partial charge is 0.179 e. The van der Waals surface area contributed by atoms with E-state index in [0.717, 1.165) is 49.5 Å². The third-order valence-corrected chi connectivity index (χ3v) is 8.21. The Morgan fingerprint density at radius 2 is 1.14 bits per heavy atom. The molecule has 37 heavy (non-hydrogen) atoms. The monoisotopic (exact) mass is 489 g/mol. The van der Waals surface area contributed by atoms with E-state index >= 15 is 0 Å². The second-order valence-corrected chi connectivity index (χ2v) is 10.3. The Bertz CT molecular complexity index is 2150. The summed E-state index contributed by atoms with van der Waals surface area (Å²) in [6.07, 6.45) is 0. The first kappa shape index (κ1) is 20.5. The zero-order valence-corrected chi connectivity index (χ0v) is 20.5. The average molecular weight is 490 g/mol. The predicted octanol–water partition coefficient (Wildman–Crippen LogP) is 9.03. The molecule has 0 spiro atoms. The Balaban J connectivity index is 1.53. The Morgan fingerprint density at radius 1 is 0.432 bits per heavy atom. The molecule has 0 unspecified atom stereocenters. The lowest BCUT2D eigenvalue weighted by molar-refractivity contribution is 1.20. The second kappa shape index (κ2) is 7.92. The van der Waals surface area contributed by atoms with Crippen LogP contribution < -0.4 is 0 Å². The molecule has 3 aromatic heterocycles. The van der Waals surface area contributed by atoms with Crippen LogP contribution in [0.1, 0.15) is 0 Å². The van der Waals surface area contributed by atoms with Crippen molar-refractivity contribution in [1.29, 1.82) is 0 Å². The van der Waals surface area contributed by atoms with E-state index in [9.17, 15) is 0 Å². The molecule has 0 amide bonds. The van der Waals surface area contributed by atoms with Gasteiger partial charge in [0.2, 0.25) is 0 Å². The number of para-hydroxylation sites is 1. The molecule has 3 heterocycles. The van der Waals surface area contributed by atoms with Gasteiger partial charge in [-0.2, -0.15) is 0 Å². The molecule has 0 radical (unpaired) electrons.